The molecule has 10 heteroatoms. The molecule has 0 saturated carbocycles. The standard InChI is InChI=1S/C130H140N4O2S4/c1-11-19-27-37-53-89-69-90(54-38-28-20-12-2)74-101(73-89)129(102-75-91(55-39-29-21-13-3)70-92(76-102)56-40-30-22-14-4)113-85-105(65-45-35-47-67-107-117(115(87-131)133-9)109-81-97-61-49-51-63-99(97)83-111(109)121(107)135)137-123(113)125-119(129)127-128(139-125)120-126(140-127)124-114(86-106(138-124)66-46-36-48-68-108-118(116(88-132)134-10)110-82-98-62-50-52-64-100(98)84-112(110)122(108)136)130(120,103-77-93(57-41-31-23-15-5)71-94(78-103)58-42-32-24-16-6)104-79-95(59-43-33-25-17-7)72-96(80-104)60-44-34-26-18-8/h35-36,45-52,61-86H,11-34,37-44,53-60H2,1-8H3/b47-35+,48-36+,65-45+,66-46+,107-67-,108-68-,117-115-,118-116?. The second-order valence-electron chi connectivity index (χ2n) is 39.9. The quantitative estimate of drug-likeness (QED) is 0.0125. The second-order valence-corrected chi connectivity index (χ2v) is 44.1. The SMILES string of the molecule is [C-]#[N+]C(C#N)=C1/C(=C/C=C/C=C/c2cc3c(s2)-c2sc4c5c(sc4c2C3(c2cc(CCCCCC)cc(CCCCCC)c2)c2cc(CCCCCC)cc(CCCCCC)c2)-c2sc(/C=C/C=C/C=C3\C(=O)c4cc6ccccc6cc4\C3=C(\C#N)[N+]#[C-])cc2C5(c2cc(CCCCCC)cc(CCCCCC)c2)c2cc(CCCCCC)cc(CCCCCC)c2)C(=O)c2cc3ccccc3cc21. The van der Waals surface area contributed by atoms with Crippen LogP contribution in [0.2, 0.25) is 0 Å². The van der Waals surface area contributed by atoms with Crippen molar-refractivity contribution in [2.45, 2.75) is 323 Å². The average molecular weight is 1920 g/mol. The highest BCUT2D eigenvalue weighted by Gasteiger charge is 2.56. The number of nitrogens with zero attached hydrogens (tertiary/aromatic N) is 4. The molecule has 4 aliphatic rings. The van der Waals surface area contributed by atoms with Gasteiger partial charge in [-0.3, -0.25) is 9.59 Å². The third-order valence-corrected chi connectivity index (χ3v) is 34.8. The van der Waals surface area contributed by atoms with Gasteiger partial charge in [0.05, 0.1) is 65.0 Å². The lowest BCUT2D eigenvalue weighted by Crippen LogP contribution is -2.30. The lowest BCUT2D eigenvalue weighted by Gasteiger charge is -2.35. The fourth-order valence-electron chi connectivity index (χ4n) is 22.6. The zero-order valence-corrected chi connectivity index (χ0v) is 87.6. The summed E-state index contributed by atoms with van der Waals surface area (Å²) in [6, 6.07) is 65.4. The highest BCUT2D eigenvalue weighted by Crippen LogP contribution is 2.71. The number of ketones is 2. The molecule has 12 aromatic rings. The van der Waals surface area contributed by atoms with Crippen LogP contribution in [0.15, 0.2) is 229 Å². The number of aryl methyl sites for hydroxylation is 8. The third kappa shape index (κ3) is 21.8. The Morgan fingerprint density at radius 1 is 0.307 bits per heavy atom. The molecule has 0 atom stereocenters. The molecule has 140 heavy (non-hydrogen) atoms. The Kier molecular flexibility index (Phi) is 35.4. The minimum Gasteiger partial charge on any atom is -0.289 e. The number of nitriles is 2. The van der Waals surface area contributed by atoms with E-state index in [0.717, 1.165) is 134 Å². The van der Waals surface area contributed by atoms with E-state index in [-0.39, 0.29) is 23.0 Å². The first kappa shape index (κ1) is 102. The molecule has 0 bridgehead atoms. The molecular formula is C130H140N4O2S4. The Morgan fingerprint density at radius 3 is 0.807 bits per heavy atom. The molecule has 0 saturated heterocycles. The third-order valence-electron chi connectivity index (χ3n) is 29.7. The van der Waals surface area contributed by atoms with Crippen LogP contribution in [0.25, 0.3) is 83.4 Å². The van der Waals surface area contributed by atoms with Gasteiger partial charge in [0, 0.05) is 54.3 Å². The van der Waals surface area contributed by atoms with Gasteiger partial charge in [-0.2, -0.15) is 0 Å². The molecule has 6 nitrogen and oxygen atoms in total. The smallest absolute Gasteiger partial charge is 0.270 e. The van der Waals surface area contributed by atoms with Crippen LogP contribution < -0.4 is 0 Å². The van der Waals surface area contributed by atoms with Gasteiger partial charge in [0.2, 0.25) is 0 Å². The normalized spacial score (nSPS) is 15.2. The Bertz CT molecular complexity index is 6270. The van der Waals surface area contributed by atoms with Gasteiger partial charge in [0.25, 0.3) is 11.4 Å². The van der Waals surface area contributed by atoms with Gasteiger partial charge in [0.15, 0.2) is 11.6 Å². The van der Waals surface area contributed by atoms with E-state index in [4.69, 9.17) is 13.1 Å². The number of allylic oxidation sites excluding steroid dienone is 14. The van der Waals surface area contributed by atoms with Gasteiger partial charge in [-0.15, -0.1) is 45.3 Å². The number of benzene rings is 8. The maximum Gasteiger partial charge on any atom is 0.270 e. The van der Waals surface area contributed by atoms with E-state index in [1.54, 1.807) is 0 Å². The summed E-state index contributed by atoms with van der Waals surface area (Å²) in [4.78, 5) is 44.7. The highest BCUT2D eigenvalue weighted by molar-refractivity contribution is 7.34. The fourth-order valence-corrected chi connectivity index (χ4v) is 28.3. The minimum absolute atomic E-state index is 0.0895. The molecular weight excluding hydrogens is 1780 g/mol. The van der Waals surface area contributed by atoms with E-state index in [1.807, 2.05) is 132 Å². The van der Waals surface area contributed by atoms with Crippen molar-refractivity contribution < 1.29 is 9.59 Å². The Labute approximate surface area is 852 Å². The summed E-state index contributed by atoms with van der Waals surface area (Å²) < 4.78 is 2.80. The summed E-state index contributed by atoms with van der Waals surface area (Å²) in [5.41, 5.74) is 24.7. The van der Waals surface area contributed by atoms with Gasteiger partial charge >= 0.3 is 0 Å². The number of thiophene rings is 4. The lowest BCUT2D eigenvalue weighted by atomic mass is 9.65. The number of hydrogen-bond donors (Lipinski definition) is 0. The van der Waals surface area contributed by atoms with Crippen LogP contribution in [0.3, 0.4) is 0 Å². The van der Waals surface area contributed by atoms with Crippen LogP contribution in [0.5, 0.6) is 0 Å². The average Bonchev–Trinajstić information content (AvgIpc) is 1.48. The molecule has 8 aromatic carbocycles. The lowest BCUT2D eigenvalue weighted by molar-refractivity contribution is 0.103. The van der Waals surface area contributed by atoms with Crippen LogP contribution in [0, 0.1) is 35.8 Å². The summed E-state index contributed by atoms with van der Waals surface area (Å²) in [5, 5.41) is 24.9. The first-order valence-electron chi connectivity index (χ1n) is 53.5. The zero-order valence-electron chi connectivity index (χ0n) is 84.3. The molecule has 16 rings (SSSR count). The summed E-state index contributed by atoms with van der Waals surface area (Å²) >= 11 is 8.05. The van der Waals surface area contributed by atoms with Crippen molar-refractivity contribution in [2.24, 2.45) is 0 Å². The molecule has 0 radical (unpaired) electrons. The number of unbranched alkanes of at least 4 members (excludes halogenated alkanes) is 24. The Balaban J connectivity index is 0.987. The molecule has 0 amide bonds. The van der Waals surface area contributed by atoms with Crippen molar-refractivity contribution >= 4 is 111 Å². The minimum atomic E-state index is -0.778. The predicted octanol–water partition coefficient (Wildman–Crippen LogP) is 38.2. The van der Waals surface area contributed by atoms with E-state index in [0.29, 0.717) is 44.5 Å². The summed E-state index contributed by atoms with van der Waals surface area (Å²) in [7, 11) is 0. The Hall–Kier alpha value is -11.4. The van der Waals surface area contributed by atoms with Crippen molar-refractivity contribution in [2.75, 3.05) is 0 Å². The monoisotopic (exact) mass is 1920 g/mol. The molecule has 4 heterocycles. The predicted molar refractivity (Wildman–Crippen MR) is 600 cm³/mol. The molecule has 4 aliphatic carbocycles. The molecule has 0 aliphatic heterocycles. The van der Waals surface area contributed by atoms with Crippen molar-refractivity contribution in [1.29, 1.82) is 10.5 Å². The second kappa shape index (κ2) is 48.8. The van der Waals surface area contributed by atoms with Crippen molar-refractivity contribution in [3.8, 4) is 31.6 Å². The maximum atomic E-state index is 14.7. The summed E-state index contributed by atoms with van der Waals surface area (Å²) in [5.74, 6) is -0.370. The van der Waals surface area contributed by atoms with Crippen molar-refractivity contribution in [1.82, 2.24) is 0 Å². The zero-order chi connectivity index (χ0) is 97.5. The molecule has 0 fully saturated rings. The molecule has 0 unspecified atom stereocenters. The maximum absolute atomic E-state index is 14.7. The first-order valence-corrected chi connectivity index (χ1v) is 56.8. The van der Waals surface area contributed by atoms with E-state index >= 15 is 0 Å². The number of rotatable bonds is 50. The van der Waals surface area contributed by atoms with E-state index in [1.165, 1.54) is 272 Å². The number of fused-ring (bicyclic) bond motifs is 13. The van der Waals surface area contributed by atoms with E-state index in [2.05, 4.69) is 209 Å². The summed E-state index contributed by atoms with van der Waals surface area (Å²) in [6.07, 6.45) is 66.3. The Morgan fingerprint density at radius 2 is 0.564 bits per heavy atom. The van der Waals surface area contributed by atoms with Gasteiger partial charge in [-0.1, -0.05) is 379 Å². The molecule has 4 aromatic heterocycles. The van der Waals surface area contributed by atoms with Gasteiger partial charge in [0.1, 0.15) is 0 Å². The van der Waals surface area contributed by atoms with Crippen LogP contribution in [0.1, 0.15) is 391 Å². The van der Waals surface area contributed by atoms with Gasteiger partial charge in [-0.05, 0) is 262 Å². The van der Waals surface area contributed by atoms with E-state index < -0.39 is 10.8 Å². The van der Waals surface area contributed by atoms with Crippen molar-refractivity contribution in [3.63, 3.8) is 0 Å². The topological polar surface area (TPSA) is 90.4 Å². The number of Topliss-reactive ketones (excluding diaryl/α,β-unsaturated/α-hetero) is 2. The molecule has 716 valence electrons. The van der Waals surface area contributed by atoms with Gasteiger partial charge in [-0.25, -0.2) is 20.2 Å². The number of carbonyl (C=O) groups is 2. The number of carbonyl (C=O) groups excluding carboxylic acids is 2. The van der Waals surface area contributed by atoms with Crippen LogP contribution in [-0.2, 0) is 62.2 Å². The number of hydrogen-bond acceptors (Lipinski definition) is 8. The fraction of sp³-hybridized carbons (Fsp3) is 0.385. The highest BCUT2D eigenvalue weighted by atomic mass is 32.1. The first-order chi connectivity index (χ1) is 68.7. The summed E-state index contributed by atoms with van der Waals surface area (Å²) in [6.45, 7) is 35.1. The molecule has 0 N–H and O–H groups in total. The van der Waals surface area contributed by atoms with Crippen LogP contribution >= 0.6 is 45.3 Å². The van der Waals surface area contributed by atoms with Crippen LogP contribution in [0.4, 0.5) is 0 Å². The van der Waals surface area contributed by atoms with E-state index in [9.17, 15) is 20.1 Å². The van der Waals surface area contributed by atoms with Crippen LogP contribution in [-0.4, -0.2) is 11.6 Å². The van der Waals surface area contributed by atoms with Gasteiger partial charge < -0.3 is 0 Å². The molecule has 0 spiro atoms. The van der Waals surface area contributed by atoms with Crippen molar-refractivity contribution in [3.05, 3.63) is 373 Å². The largest absolute Gasteiger partial charge is 0.289 e.